The predicted octanol–water partition coefficient (Wildman–Crippen LogP) is 0.815. The van der Waals surface area contributed by atoms with E-state index in [-0.39, 0.29) is 25.3 Å². The summed E-state index contributed by atoms with van der Waals surface area (Å²) in [6.45, 7) is 2.75. The summed E-state index contributed by atoms with van der Waals surface area (Å²) in [7, 11) is 0. The first-order chi connectivity index (χ1) is 9.20. The van der Waals surface area contributed by atoms with Crippen molar-refractivity contribution in [1.82, 2.24) is 10.6 Å². The van der Waals surface area contributed by atoms with Crippen molar-refractivity contribution >= 4 is 5.91 Å². The van der Waals surface area contributed by atoms with E-state index >= 15 is 0 Å². The monoisotopic (exact) mass is 260 g/mol. The Bertz CT molecular complexity index is 508. The van der Waals surface area contributed by atoms with Gasteiger partial charge in [0.2, 0.25) is 12.7 Å². The van der Waals surface area contributed by atoms with E-state index in [1.165, 1.54) is 0 Å². The molecule has 0 radical (unpaired) electrons. The lowest BCUT2D eigenvalue weighted by molar-refractivity contribution is -0.120. The molecule has 1 aromatic rings. The van der Waals surface area contributed by atoms with E-state index in [1.807, 2.05) is 25.1 Å². The highest BCUT2D eigenvalue weighted by molar-refractivity contribution is 5.78. The molecule has 1 aliphatic rings. The molecule has 0 aromatic heterocycles. The Labute approximate surface area is 112 Å². The van der Waals surface area contributed by atoms with Crippen molar-refractivity contribution in [2.75, 3.05) is 19.9 Å². The minimum Gasteiger partial charge on any atom is -0.454 e. The maximum Gasteiger partial charge on any atom is 0.234 e. The highest BCUT2D eigenvalue weighted by Gasteiger charge is 2.16. The molecular weight excluding hydrogens is 244 g/mol. The molecule has 0 bridgehead atoms. The molecule has 1 aromatic carbocycles. The molecule has 0 aliphatic carbocycles. The highest BCUT2D eigenvalue weighted by atomic mass is 16.7. The Kier molecular flexibility index (Phi) is 4.26. The van der Waals surface area contributed by atoms with Gasteiger partial charge in [0.15, 0.2) is 11.5 Å². The van der Waals surface area contributed by atoms with Gasteiger partial charge < -0.3 is 14.8 Å². The molecule has 0 spiro atoms. The largest absolute Gasteiger partial charge is 0.454 e. The Hall–Kier alpha value is -2.19. The molecule has 1 amide bonds. The minimum absolute atomic E-state index is 0.0968. The van der Waals surface area contributed by atoms with E-state index in [2.05, 4.69) is 16.6 Å². The first-order valence-corrected chi connectivity index (χ1v) is 6.04. The standard InChI is InChI=1S/C14H16N2O3/c1-3-6-15-8-14(17)16-10(2)11-4-5-12-13(7-11)19-9-18-12/h1,4-5,7,10,15H,6,8-9H2,2H3,(H,16,17). The van der Waals surface area contributed by atoms with Crippen LogP contribution in [0.5, 0.6) is 11.5 Å². The van der Waals surface area contributed by atoms with E-state index in [9.17, 15) is 4.79 Å². The van der Waals surface area contributed by atoms with E-state index < -0.39 is 0 Å². The third-order valence-corrected chi connectivity index (χ3v) is 2.79. The van der Waals surface area contributed by atoms with Crippen molar-refractivity contribution in [3.05, 3.63) is 23.8 Å². The van der Waals surface area contributed by atoms with E-state index in [1.54, 1.807) is 0 Å². The third kappa shape index (κ3) is 3.39. The van der Waals surface area contributed by atoms with Crippen molar-refractivity contribution in [3.8, 4) is 23.8 Å². The fourth-order valence-electron chi connectivity index (χ4n) is 1.81. The van der Waals surface area contributed by atoms with Crippen molar-refractivity contribution in [1.29, 1.82) is 0 Å². The van der Waals surface area contributed by atoms with Gasteiger partial charge in [0.25, 0.3) is 0 Å². The molecule has 1 unspecified atom stereocenters. The smallest absolute Gasteiger partial charge is 0.234 e. The Balaban J connectivity index is 1.91. The molecule has 0 saturated heterocycles. The number of nitrogens with one attached hydrogen (secondary N) is 2. The van der Waals surface area contributed by atoms with Crippen LogP contribution in [0.4, 0.5) is 0 Å². The van der Waals surface area contributed by atoms with Gasteiger partial charge in [-0.25, -0.2) is 0 Å². The number of hydrogen-bond acceptors (Lipinski definition) is 4. The second-order valence-corrected chi connectivity index (χ2v) is 4.21. The van der Waals surface area contributed by atoms with Crippen LogP contribution in [-0.2, 0) is 4.79 Å². The van der Waals surface area contributed by atoms with Crippen LogP contribution in [0.15, 0.2) is 18.2 Å². The lowest BCUT2D eigenvalue weighted by Crippen LogP contribution is -2.35. The second-order valence-electron chi connectivity index (χ2n) is 4.21. The van der Waals surface area contributed by atoms with Crippen molar-refractivity contribution in [2.24, 2.45) is 0 Å². The van der Waals surface area contributed by atoms with E-state index in [0.29, 0.717) is 12.3 Å². The number of fused-ring (bicyclic) bond motifs is 1. The number of carbonyl (C=O) groups excluding carboxylic acids is 1. The van der Waals surface area contributed by atoms with Gasteiger partial charge in [0.05, 0.1) is 19.1 Å². The lowest BCUT2D eigenvalue weighted by atomic mass is 10.1. The predicted molar refractivity (Wildman–Crippen MR) is 70.8 cm³/mol. The molecule has 1 aliphatic heterocycles. The van der Waals surface area contributed by atoms with Crippen LogP contribution in [0.25, 0.3) is 0 Å². The van der Waals surface area contributed by atoms with Crippen LogP contribution in [0.3, 0.4) is 0 Å². The first-order valence-electron chi connectivity index (χ1n) is 6.04. The van der Waals surface area contributed by atoms with Gasteiger partial charge in [0.1, 0.15) is 0 Å². The lowest BCUT2D eigenvalue weighted by Gasteiger charge is -2.14. The van der Waals surface area contributed by atoms with Gasteiger partial charge >= 0.3 is 0 Å². The molecule has 2 N–H and O–H groups in total. The van der Waals surface area contributed by atoms with Gasteiger partial charge in [-0.2, -0.15) is 0 Å². The summed E-state index contributed by atoms with van der Waals surface area (Å²) >= 11 is 0. The molecule has 2 rings (SSSR count). The van der Waals surface area contributed by atoms with Gasteiger partial charge in [0, 0.05) is 0 Å². The minimum atomic E-state index is -0.102. The van der Waals surface area contributed by atoms with Crippen LogP contribution in [0.2, 0.25) is 0 Å². The van der Waals surface area contributed by atoms with Crippen molar-refractivity contribution in [3.63, 3.8) is 0 Å². The van der Waals surface area contributed by atoms with Gasteiger partial charge in [-0.3, -0.25) is 10.1 Å². The second kappa shape index (κ2) is 6.12. The average molecular weight is 260 g/mol. The molecule has 1 heterocycles. The number of carbonyl (C=O) groups is 1. The van der Waals surface area contributed by atoms with Crippen LogP contribution < -0.4 is 20.1 Å². The van der Waals surface area contributed by atoms with Crippen molar-refractivity contribution < 1.29 is 14.3 Å². The van der Waals surface area contributed by atoms with Crippen LogP contribution >= 0.6 is 0 Å². The summed E-state index contributed by atoms with van der Waals surface area (Å²) in [6.07, 6.45) is 5.09. The molecule has 5 nitrogen and oxygen atoms in total. The molecule has 19 heavy (non-hydrogen) atoms. The number of benzene rings is 1. The third-order valence-electron chi connectivity index (χ3n) is 2.79. The summed E-state index contributed by atoms with van der Waals surface area (Å²) in [5.41, 5.74) is 0.967. The maximum atomic E-state index is 11.6. The summed E-state index contributed by atoms with van der Waals surface area (Å²) in [5, 5.41) is 5.72. The fraction of sp³-hybridized carbons (Fsp3) is 0.357. The highest BCUT2D eigenvalue weighted by Crippen LogP contribution is 2.33. The number of terminal acetylenes is 1. The van der Waals surface area contributed by atoms with Gasteiger partial charge in [-0.05, 0) is 24.6 Å². The summed E-state index contributed by atoms with van der Waals surface area (Å²) in [5.74, 6) is 3.76. The zero-order valence-electron chi connectivity index (χ0n) is 10.7. The molecular formula is C14H16N2O3. The SMILES string of the molecule is C#CCNCC(=O)NC(C)c1ccc2c(c1)OCO2. The number of rotatable bonds is 5. The van der Waals surface area contributed by atoms with E-state index in [0.717, 1.165) is 11.3 Å². The molecule has 5 heteroatoms. The number of hydrogen-bond donors (Lipinski definition) is 2. The Morgan fingerprint density at radius 3 is 3.05 bits per heavy atom. The zero-order chi connectivity index (χ0) is 13.7. The zero-order valence-corrected chi connectivity index (χ0v) is 10.7. The van der Waals surface area contributed by atoms with E-state index in [4.69, 9.17) is 15.9 Å². The quantitative estimate of drug-likeness (QED) is 0.608. The first kappa shape index (κ1) is 13.2. The Morgan fingerprint density at radius 1 is 1.47 bits per heavy atom. The van der Waals surface area contributed by atoms with Crippen LogP contribution in [-0.4, -0.2) is 25.8 Å². The van der Waals surface area contributed by atoms with Gasteiger partial charge in [-0.15, -0.1) is 6.42 Å². The normalized spacial score (nSPS) is 13.7. The summed E-state index contributed by atoms with van der Waals surface area (Å²) in [4.78, 5) is 11.6. The molecule has 100 valence electrons. The fourth-order valence-corrected chi connectivity index (χ4v) is 1.81. The molecule has 1 atom stereocenters. The van der Waals surface area contributed by atoms with Crippen LogP contribution in [0.1, 0.15) is 18.5 Å². The number of amides is 1. The molecule has 0 saturated carbocycles. The molecule has 0 fully saturated rings. The number of ether oxygens (including phenoxy) is 2. The maximum absolute atomic E-state index is 11.6. The average Bonchev–Trinajstić information content (AvgIpc) is 2.86. The van der Waals surface area contributed by atoms with Crippen LogP contribution in [0, 0.1) is 12.3 Å². The summed E-state index contributed by atoms with van der Waals surface area (Å²) < 4.78 is 10.5. The Morgan fingerprint density at radius 2 is 2.26 bits per heavy atom. The van der Waals surface area contributed by atoms with Crippen molar-refractivity contribution in [2.45, 2.75) is 13.0 Å². The topological polar surface area (TPSA) is 59.6 Å². The summed E-state index contributed by atoms with van der Waals surface area (Å²) in [6, 6.07) is 5.53. The van der Waals surface area contributed by atoms with Gasteiger partial charge in [-0.1, -0.05) is 12.0 Å².